The first-order chi connectivity index (χ1) is 7.68. The Balaban J connectivity index is 2.17. The van der Waals surface area contributed by atoms with E-state index in [1.807, 2.05) is 7.05 Å². The minimum Gasteiger partial charge on any atom is -0.359 e. The van der Waals surface area contributed by atoms with Crippen LogP contribution in [0.1, 0.15) is 18.2 Å². The Hall–Kier alpha value is -1.46. The molecule has 1 aliphatic heterocycles. The van der Waals surface area contributed by atoms with Crippen LogP contribution in [0, 0.1) is 10.1 Å². The molecule has 0 radical (unpaired) electrons. The average Bonchev–Trinajstić information content (AvgIpc) is 2.30. The highest BCUT2D eigenvalue weighted by atomic mass is 16.6. The lowest BCUT2D eigenvalue weighted by Crippen LogP contribution is -2.33. The molecule has 1 aliphatic rings. The van der Waals surface area contributed by atoms with Gasteiger partial charge in [0.15, 0.2) is 0 Å². The summed E-state index contributed by atoms with van der Waals surface area (Å²) in [6, 6.07) is 6.54. The molecular weight excluding hydrogens is 208 g/mol. The molecule has 1 aromatic carbocycles. The van der Waals surface area contributed by atoms with Gasteiger partial charge in [0.25, 0.3) is 5.69 Å². The molecule has 5 nitrogen and oxygen atoms in total. The molecule has 1 aromatic rings. The van der Waals surface area contributed by atoms with Crippen molar-refractivity contribution in [2.75, 3.05) is 20.2 Å². The summed E-state index contributed by atoms with van der Waals surface area (Å²) in [6.07, 6.45) is 0.953. The summed E-state index contributed by atoms with van der Waals surface area (Å²) < 4.78 is 5.63. The van der Waals surface area contributed by atoms with Crippen molar-refractivity contribution in [2.24, 2.45) is 0 Å². The molecule has 0 bridgehead atoms. The van der Waals surface area contributed by atoms with E-state index in [1.54, 1.807) is 12.1 Å². The van der Waals surface area contributed by atoms with Crippen LogP contribution in [0.15, 0.2) is 24.3 Å². The second kappa shape index (κ2) is 4.59. The van der Waals surface area contributed by atoms with Gasteiger partial charge < -0.3 is 4.74 Å². The number of benzene rings is 1. The first kappa shape index (κ1) is 11.0. The van der Waals surface area contributed by atoms with Gasteiger partial charge in [-0.25, -0.2) is 0 Å². The lowest BCUT2D eigenvalue weighted by Gasteiger charge is -2.32. The Morgan fingerprint density at radius 2 is 2.12 bits per heavy atom. The summed E-state index contributed by atoms with van der Waals surface area (Å²) in [5.41, 5.74) is 1.08. The van der Waals surface area contributed by atoms with Crippen LogP contribution in [0.2, 0.25) is 0 Å². The average molecular weight is 222 g/mol. The van der Waals surface area contributed by atoms with Crippen molar-refractivity contribution in [1.82, 2.24) is 4.90 Å². The number of nitro groups is 1. The molecule has 1 atom stereocenters. The van der Waals surface area contributed by atoms with Crippen molar-refractivity contribution in [1.29, 1.82) is 0 Å². The van der Waals surface area contributed by atoms with Crippen LogP contribution >= 0.6 is 0 Å². The fourth-order valence-corrected chi connectivity index (χ4v) is 1.86. The molecule has 1 unspecified atom stereocenters. The van der Waals surface area contributed by atoms with E-state index in [0.717, 1.165) is 25.1 Å². The third-order valence-electron chi connectivity index (χ3n) is 2.72. The van der Waals surface area contributed by atoms with Crippen LogP contribution in [0.3, 0.4) is 0 Å². The Labute approximate surface area is 93.8 Å². The van der Waals surface area contributed by atoms with E-state index in [2.05, 4.69) is 4.90 Å². The van der Waals surface area contributed by atoms with E-state index in [9.17, 15) is 10.1 Å². The number of hydrogen-bond donors (Lipinski definition) is 0. The first-order valence-corrected chi connectivity index (χ1v) is 5.24. The molecule has 86 valence electrons. The predicted molar refractivity (Wildman–Crippen MR) is 59.0 cm³/mol. The van der Waals surface area contributed by atoms with Gasteiger partial charge in [0.2, 0.25) is 0 Å². The molecule has 1 saturated heterocycles. The first-order valence-electron chi connectivity index (χ1n) is 5.24. The molecule has 0 N–H and O–H groups in total. The van der Waals surface area contributed by atoms with Crippen LogP contribution in [-0.4, -0.2) is 30.0 Å². The molecule has 5 heteroatoms. The van der Waals surface area contributed by atoms with Gasteiger partial charge in [0, 0.05) is 18.7 Å². The highest BCUT2D eigenvalue weighted by molar-refractivity contribution is 5.33. The van der Waals surface area contributed by atoms with Crippen molar-refractivity contribution in [3.63, 3.8) is 0 Å². The van der Waals surface area contributed by atoms with Crippen molar-refractivity contribution < 1.29 is 9.66 Å². The quantitative estimate of drug-likeness (QED) is 0.567. The maximum absolute atomic E-state index is 10.5. The molecule has 1 heterocycles. The van der Waals surface area contributed by atoms with E-state index in [-0.39, 0.29) is 11.9 Å². The molecule has 1 fully saturated rings. The maximum Gasteiger partial charge on any atom is 0.269 e. The molecule has 16 heavy (non-hydrogen) atoms. The minimum atomic E-state index is -0.394. The molecule has 0 saturated carbocycles. The molecule has 0 amide bonds. The Morgan fingerprint density at radius 3 is 2.69 bits per heavy atom. The molecular formula is C11H14N2O3. The van der Waals surface area contributed by atoms with Gasteiger partial charge in [-0.05, 0) is 31.2 Å². The number of nitro benzene ring substituents is 1. The standard InChI is InChI=1S/C11H14N2O3/c1-12-7-2-8-16-11(12)9-3-5-10(6-4-9)13(14)15/h3-6,11H,2,7-8H2,1H3. The number of hydrogen-bond acceptors (Lipinski definition) is 4. The van der Waals surface area contributed by atoms with E-state index in [4.69, 9.17) is 4.74 Å². The van der Waals surface area contributed by atoms with E-state index in [0.29, 0.717) is 0 Å². The van der Waals surface area contributed by atoms with Gasteiger partial charge >= 0.3 is 0 Å². The Morgan fingerprint density at radius 1 is 1.44 bits per heavy atom. The van der Waals surface area contributed by atoms with E-state index in [1.165, 1.54) is 12.1 Å². The predicted octanol–water partition coefficient (Wildman–Crippen LogP) is 1.95. The highest BCUT2D eigenvalue weighted by Gasteiger charge is 2.21. The number of non-ortho nitro benzene ring substituents is 1. The Kier molecular flexibility index (Phi) is 3.17. The summed E-state index contributed by atoms with van der Waals surface area (Å²) in [5, 5.41) is 10.5. The van der Waals surface area contributed by atoms with Crippen molar-refractivity contribution in [3.8, 4) is 0 Å². The van der Waals surface area contributed by atoms with E-state index < -0.39 is 4.92 Å². The third-order valence-corrected chi connectivity index (χ3v) is 2.72. The maximum atomic E-state index is 10.5. The SMILES string of the molecule is CN1CCCOC1c1ccc([N+](=O)[O-])cc1. The zero-order valence-electron chi connectivity index (χ0n) is 9.13. The van der Waals surface area contributed by atoms with E-state index >= 15 is 0 Å². The lowest BCUT2D eigenvalue weighted by atomic mass is 10.1. The largest absolute Gasteiger partial charge is 0.359 e. The van der Waals surface area contributed by atoms with Crippen molar-refractivity contribution >= 4 is 5.69 Å². The number of nitrogens with zero attached hydrogens (tertiary/aromatic N) is 2. The van der Waals surface area contributed by atoms with Crippen LogP contribution in [-0.2, 0) is 4.74 Å². The van der Waals surface area contributed by atoms with Gasteiger partial charge in [-0.1, -0.05) is 0 Å². The van der Waals surface area contributed by atoms with Crippen molar-refractivity contribution in [2.45, 2.75) is 12.6 Å². The summed E-state index contributed by atoms with van der Waals surface area (Å²) >= 11 is 0. The fraction of sp³-hybridized carbons (Fsp3) is 0.455. The summed E-state index contributed by atoms with van der Waals surface area (Å²) in [5.74, 6) is 0. The van der Waals surface area contributed by atoms with Crippen LogP contribution in [0.5, 0.6) is 0 Å². The van der Waals surface area contributed by atoms with Gasteiger partial charge in [-0.3, -0.25) is 15.0 Å². The van der Waals surface area contributed by atoms with Gasteiger partial charge in [-0.2, -0.15) is 0 Å². The van der Waals surface area contributed by atoms with Crippen LogP contribution < -0.4 is 0 Å². The molecule has 2 rings (SSSR count). The minimum absolute atomic E-state index is 0.0745. The lowest BCUT2D eigenvalue weighted by molar-refractivity contribution is -0.384. The molecule has 0 aliphatic carbocycles. The zero-order chi connectivity index (χ0) is 11.5. The highest BCUT2D eigenvalue weighted by Crippen LogP contribution is 2.25. The topological polar surface area (TPSA) is 55.6 Å². The normalized spacial score (nSPS) is 21.9. The zero-order valence-corrected chi connectivity index (χ0v) is 9.13. The second-order valence-corrected chi connectivity index (χ2v) is 3.91. The second-order valence-electron chi connectivity index (χ2n) is 3.91. The van der Waals surface area contributed by atoms with Crippen LogP contribution in [0.4, 0.5) is 5.69 Å². The fourth-order valence-electron chi connectivity index (χ4n) is 1.86. The summed E-state index contributed by atoms with van der Waals surface area (Å²) in [7, 11) is 1.99. The monoisotopic (exact) mass is 222 g/mol. The summed E-state index contributed by atoms with van der Waals surface area (Å²) in [6.45, 7) is 1.73. The number of rotatable bonds is 2. The van der Waals surface area contributed by atoms with Crippen LogP contribution in [0.25, 0.3) is 0 Å². The molecule has 0 aromatic heterocycles. The van der Waals surface area contributed by atoms with Gasteiger partial charge in [0.1, 0.15) is 6.23 Å². The van der Waals surface area contributed by atoms with Crippen molar-refractivity contribution in [3.05, 3.63) is 39.9 Å². The third kappa shape index (κ3) is 2.20. The smallest absolute Gasteiger partial charge is 0.269 e. The van der Waals surface area contributed by atoms with Gasteiger partial charge in [0.05, 0.1) is 11.5 Å². The summed E-state index contributed by atoms with van der Waals surface area (Å²) in [4.78, 5) is 12.2. The molecule has 0 spiro atoms. The van der Waals surface area contributed by atoms with Gasteiger partial charge in [-0.15, -0.1) is 0 Å². The Bertz CT molecular complexity index is 377. The number of ether oxygens (including phenoxy) is 1.